The summed E-state index contributed by atoms with van der Waals surface area (Å²) in [6.45, 7) is 0. The highest BCUT2D eigenvalue weighted by molar-refractivity contribution is 9.10. The Morgan fingerprint density at radius 2 is 2.00 bits per heavy atom. The van der Waals surface area contributed by atoms with E-state index in [0.29, 0.717) is 24.2 Å². The van der Waals surface area contributed by atoms with Crippen LogP contribution in [0.4, 0.5) is 11.4 Å². The fraction of sp³-hybridized carbons (Fsp3) is 0.133. The first-order valence-electron chi connectivity index (χ1n) is 6.56. The highest BCUT2D eigenvalue weighted by atomic mass is 79.9. The molecule has 0 fully saturated rings. The highest BCUT2D eigenvalue weighted by Crippen LogP contribution is 2.20. The van der Waals surface area contributed by atoms with Gasteiger partial charge >= 0.3 is 0 Å². The van der Waals surface area contributed by atoms with Crippen molar-refractivity contribution in [3.8, 4) is 0 Å². The van der Waals surface area contributed by atoms with E-state index in [9.17, 15) is 4.79 Å². The van der Waals surface area contributed by atoms with Gasteiger partial charge in [0.15, 0.2) is 0 Å². The van der Waals surface area contributed by atoms with Crippen LogP contribution >= 0.6 is 15.9 Å². The molecule has 1 aliphatic rings. The van der Waals surface area contributed by atoms with E-state index in [1.54, 1.807) is 12.3 Å². The van der Waals surface area contributed by atoms with E-state index in [1.807, 2.05) is 30.3 Å². The number of rotatable bonds is 2. The van der Waals surface area contributed by atoms with Crippen molar-refractivity contribution in [2.45, 2.75) is 12.8 Å². The van der Waals surface area contributed by atoms with Gasteiger partial charge in [0.25, 0.3) is 0 Å². The Bertz CT molecular complexity index is 697. The van der Waals surface area contributed by atoms with Crippen LogP contribution in [0.2, 0.25) is 0 Å². The third-order valence-corrected chi connectivity index (χ3v) is 3.64. The molecule has 1 amide bonds. The number of nitrogens with zero attached hydrogens (tertiary/aromatic N) is 2. The molecule has 21 heavy (non-hydrogen) atoms. The lowest BCUT2D eigenvalue weighted by Gasteiger charge is -2.07. The van der Waals surface area contributed by atoms with Crippen LogP contribution in [0, 0.1) is 0 Å². The Morgan fingerprint density at radius 1 is 1.19 bits per heavy atom. The third kappa shape index (κ3) is 3.28. The fourth-order valence-electron chi connectivity index (χ4n) is 2.06. The topological polar surface area (TPSA) is 66.4 Å². The average Bonchev–Trinajstić information content (AvgIpc) is 2.65. The van der Waals surface area contributed by atoms with Crippen LogP contribution in [0.25, 0.3) is 0 Å². The summed E-state index contributed by atoms with van der Waals surface area (Å²) in [4.78, 5) is 16.0. The van der Waals surface area contributed by atoms with Crippen molar-refractivity contribution < 1.29 is 4.79 Å². The van der Waals surface area contributed by atoms with Crippen LogP contribution in [0.5, 0.6) is 0 Å². The number of halogens is 1. The Labute approximate surface area is 130 Å². The Balaban J connectivity index is 1.88. The number of carbonyl (C=O) groups is 1. The normalized spacial score (nSPS) is 16.0. The number of hydrazone groups is 1. The summed E-state index contributed by atoms with van der Waals surface area (Å²) < 4.78 is 1.01. The second-order valence-corrected chi connectivity index (χ2v) is 5.54. The number of hydrogen-bond donors (Lipinski definition) is 2. The number of benzene rings is 1. The summed E-state index contributed by atoms with van der Waals surface area (Å²) in [6.07, 6.45) is 2.65. The van der Waals surface area contributed by atoms with Crippen molar-refractivity contribution in [1.29, 1.82) is 0 Å². The van der Waals surface area contributed by atoms with Crippen LogP contribution < -0.4 is 10.7 Å². The van der Waals surface area contributed by atoms with E-state index in [2.05, 4.69) is 36.8 Å². The Kier molecular flexibility index (Phi) is 3.96. The number of anilines is 2. The quantitative estimate of drug-likeness (QED) is 0.820. The minimum absolute atomic E-state index is 0.0157. The Hall–Kier alpha value is -2.21. The molecule has 0 bridgehead atoms. The molecule has 1 aromatic heterocycles. The number of amides is 1. The summed E-state index contributed by atoms with van der Waals surface area (Å²) in [5, 5.41) is 7.26. The zero-order valence-electron chi connectivity index (χ0n) is 11.1. The molecule has 0 saturated heterocycles. The summed E-state index contributed by atoms with van der Waals surface area (Å²) in [7, 11) is 0. The van der Waals surface area contributed by atoms with Crippen molar-refractivity contribution in [2.24, 2.45) is 5.10 Å². The van der Waals surface area contributed by atoms with Gasteiger partial charge in [-0.25, -0.2) is 0 Å². The highest BCUT2D eigenvalue weighted by Gasteiger charge is 2.18. The molecule has 6 heteroatoms. The maximum absolute atomic E-state index is 11.7. The average molecular weight is 345 g/mol. The minimum Gasteiger partial charge on any atom is -0.324 e. The SMILES string of the molecule is O=C1CCC(=NNc2ccc(Br)cc2)c2ncccc2N1. The number of aromatic nitrogens is 1. The van der Waals surface area contributed by atoms with Crippen molar-refractivity contribution in [1.82, 2.24) is 4.98 Å². The van der Waals surface area contributed by atoms with E-state index in [0.717, 1.165) is 15.9 Å². The van der Waals surface area contributed by atoms with Crippen molar-refractivity contribution >= 4 is 38.9 Å². The third-order valence-electron chi connectivity index (χ3n) is 3.11. The number of hydrogen-bond acceptors (Lipinski definition) is 4. The number of fused-ring (bicyclic) bond motifs is 1. The van der Waals surface area contributed by atoms with Gasteiger partial charge in [-0.1, -0.05) is 15.9 Å². The van der Waals surface area contributed by atoms with Crippen LogP contribution in [0.3, 0.4) is 0 Å². The van der Waals surface area contributed by atoms with E-state index in [4.69, 9.17) is 0 Å². The summed E-state index contributed by atoms with van der Waals surface area (Å²) >= 11 is 3.39. The fourth-order valence-corrected chi connectivity index (χ4v) is 2.33. The number of pyridine rings is 1. The van der Waals surface area contributed by atoms with E-state index in [-0.39, 0.29) is 5.91 Å². The monoisotopic (exact) mass is 344 g/mol. The maximum Gasteiger partial charge on any atom is 0.224 e. The van der Waals surface area contributed by atoms with Crippen molar-refractivity contribution in [3.05, 3.63) is 52.8 Å². The first-order chi connectivity index (χ1) is 10.2. The molecule has 0 atom stereocenters. The van der Waals surface area contributed by atoms with Gasteiger partial charge in [0.1, 0.15) is 5.69 Å². The van der Waals surface area contributed by atoms with Gasteiger partial charge in [-0.15, -0.1) is 0 Å². The van der Waals surface area contributed by atoms with Gasteiger partial charge in [0.2, 0.25) is 5.91 Å². The molecule has 2 aromatic rings. The molecule has 1 aliphatic heterocycles. The summed E-state index contributed by atoms with van der Waals surface area (Å²) in [5.74, 6) is -0.0157. The molecule has 0 unspecified atom stereocenters. The molecule has 5 nitrogen and oxygen atoms in total. The number of nitrogens with one attached hydrogen (secondary N) is 2. The molecular weight excluding hydrogens is 332 g/mol. The predicted octanol–water partition coefficient (Wildman–Crippen LogP) is 3.39. The first kappa shape index (κ1) is 13.8. The minimum atomic E-state index is -0.0157. The van der Waals surface area contributed by atoms with Crippen LogP contribution in [0.15, 0.2) is 52.2 Å². The molecule has 0 spiro atoms. The standard InChI is InChI=1S/C15H13BrN4O/c16-10-3-5-11(6-4-10)19-20-13-7-8-14(21)18-12-2-1-9-17-15(12)13/h1-6,9,19H,7-8H2,(H,18,21). The lowest BCUT2D eigenvalue weighted by atomic mass is 10.1. The smallest absolute Gasteiger partial charge is 0.224 e. The summed E-state index contributed by atoms with van der Waals surface area (Å²) in [6, 6.07) is 11.4. The van der Waals surface area contributed by atoms with Crippen molar-refractivity contribution in [2.75, 3.05) is 10.7 Å². The lowest BCUT2D eigenvalue weighted by Crippen LogP contribution is -2.09. The molecule has 106 valence electrons. The van der Waals surface area contributed by atoms with Gasteiger partial charge in [-0.05, 0) is 36.4 Å². The van der Waals surface area contributed by atoms with Gasteiger partial charge in [0.05, 0.1) is 17.1 Å². The molecule has 2 N–H and O–H groups in total. The maximum atomic E-state index is 11.7. The van der Waals surface area contributed by atoms with Crippen LogP contribution in [-0.2, 0) is 4.79 Å². The zero-order chi connectivity index (χ0) is 14.7. The summed E-state index contributed by atoms with van der Waals surface area (Å²) in [5.41, 5.74) is 6.09. The molecule has 2 heterocycles. The van der Waals surface area contributed by atoms with E-state index in [1.165, 1.54) is 0 Å². The molecular formula is C15H13BrN4O. The molecule has 0 radical (unpaired) electrons. The van der Waals surface area contributed by atoms with Crippen LogP contribution in [-0.4, -0.2) is 16.6 Å². The van der Waals surface area contributed by atoms with Crippen LogP contribution in [0.1, 0.15) is 18.5 Å². The second-order valence-electron chi connectivity index (χ2n) is 4.62. The molecule has 3 rings (SSSR count). The largest absolute Gasteiger partial charge is 0.324 e. The van der Waals surface area contributed by atoms with Gasteiger partial charge in [0, 0.05) is 23.5 Å². The van der Waals surface area contributed by atoms with Gasteiger partial charge < -0.3 is 5.32 Å². The molecule has 0 aliphatic carbocycles. The van der Waals surface area contributed by atoms with E-state index < -0.39 is 0 Å². The second kappa shape index (κ2) is 6.05. The van der Waals surface area contributed by atoms with E-state index >= 15 is 0 Å². The van der Waals surface area contributed by atoms with Crippen molar-refractivity contribution in [3.63, 3.8) is 0 Å². The van der Waals surface area contributed by atoms with Gasteiger partial charge in [-0.2, -0.15) is 5.10 Å². The number of carbonyl (C=O) groups excluding carboxylic acids is 1. The zero-order valence-corrected chi connectivity index (χ0v) is 12.7. The Morgan fingerprint density at radius 3 is 2.81 bits per heavy atom. The van der Waals surface area contributed by atoms with Gasteiger partial charge in [-0.3, -0.25) is 15.2 Å². The molecule has 1 aromatic carbocycles. The molecule has 0 saturated carbocycles. The lowest BCUT2D eigenvalue weighted by molar-refractivity contribution is -0.116. The first-order valence-corrected chi connectivity index (χ1v) is 7.35. The predicted molar refractivity (Wildman–Crippen MR) is 86.4 cm³/mol.